The molecule has 1 heterocycles. The first-order chi connectivity index (χ1) is 6.57. The van der Waals surface area contributed by atoms with E-state index in [9.17, 15) is 4.79 Å². The van der Waals surface area contributed by atoms with Crippen LogP contribution in [-0.4, -0.2) is 17.0 Å². The highest BCUT2D eigenvalue weighted by atomic mass is 79.9. The number of nitrogens with zero attached hydrogens (tertiary/aromatic N) is 1. The molecule has 0 aromatic carbocycles. The van der Waals surface area contributed by atoms with E-state index in [1.165, 1.54) is 0 Å². The van der Waals surface area contributed by atoms with E-state index in [2.05, 4.69) is 37.2 Å². The Bertz CT molecular complexity index is 347. The van der Waals surface area contributed by atoms with Crippen LogP contribution >= 0.6 is 31.9 Å². The fourth-order valence-corrected chi connectivity index (χ4v) is 1.88. The molecule has 0 saturated heterocycles. The number of aromatic nitrogens is 1. The molecule has 0 radical (unpaired) electrons. The lowest BCUT2D eigenvalue weighted by molar-refractivity contribution is 0.0945. The third kappa shape index (κ3) is 2.39. The normalized spacial score (nSPS) is 10.3. The van der Waals surface area contributed by atoms with Gasteiger partial charge in [0, 0.05) is 13.6 Å². The van der Waals surface area contributed by atoms with Crippen molar-refractivity contribution in [1.29, 1.82) is 0 Å². The first kappa shape index (κ1) is 11.8. The number of amides is 1. The van der Waals surface area contributed by atoms with E-state index in [1.807, 2.05) is 14.0 Å². The maximum Gasteiger partial charge on any atom is 0.267 e. The van der Waals surface area contributed by atoms with Crippen LogP contribution in [0, 0.1) is 0 Å². The van der Waals surface area contributed by atoms with Gasteiger partial charge < -0.3 is 9.88 Å². The zero-order chi connectivity index (χ0) is 10.7. The molecular weight excluding hydrogens is 312 g/mol. The van der Waals surface area contributed by atoms with Gasteiger partial charge in [0.05, 0.1) is 9.08 Å². The van der Waals surface area contributed by atoms with Crippen LogP contribution in [-0.2, 0) is 7.05 Å². The Morgan fingerprint density at radius 2 is 2.21 bits per heavy atom. The number of halogens is 2. The van der Waals surface area contributed by atoms with Crippen LogP contribution in [0.15, 0.2) is 15.1 Å². The Balaban J connectivity index is 2.85. The molecule has 0 fully saturated rings. The first-order valence-corrected chi connectivity index (χ1v) is 5.95. The predicted molar refractivity (Wildman–Crippen MR) is 63.4 cm³/mol. The average Bonchev–Trinajstić information content (AvgIpc) is 2.42. The molecule has 1 rings (SSSR count). The van der Waals surface area contributed by atoms with E-state index < -0.39 is 0 Å². The Kier molecular flexibility index (Phi) is 4.19. The summed E-state index contributed by atoms with van der Waals surface area (Å²) in [5.41, 5.74) is 0.650. The standard InChI is InChI=1S/C9H12Br2N2O/c1-3-4-12-9(14)7-5-6(10)8(11)13(7)2/h5H,3-4H2,1-2H3,(H,12,14). The zero-order valence-corrected chi connectivity index (χ0v) is 11.3. The summed E-state index contributed by atoms with van der Waals surface area (Å²) in [6.45, 7) is 2.73. The monoisotopic (exact) mass is 322 g/mol. The second-order valence-electron chi connectivity index (χ2n) is 2.98. The van der Waals surface area contributed by atoms with Gasteiger partial charge in [-0.1, -0.05) is 6.92 Å². The van der Waals surface area contributed by atoms with Crippen molar-refractivity contribution in [2.24, 2.45) is 7.05 Å². The molecule has 0 aliphatic rings. The molecule has 0 unspecified atom stereocenters. The highest BCUT2D eigenvalue weighted by Gasteiger charge is 2.13. The van der Waals surface area contributed by atoms with E-state index in [0.29, 0.717) is 12.2 Å². The minimum absolute atomic E-state index is 0.0410. The van der Waals surface area contributed by atoms with Gasteiger partial charge in [0.2, 0.25) is 0 Å². The van der Waals surface area contributed by atoms with E-state index in [4.69, 9.17) is 0 Å². The van der Waals surface area contributed by atoms with Crippen LogP contribution < -0.4 is 5.32 Å². The number of carbonyl (C=O) groups excluding carboxylic acids is 1. The van der Waals surface area contributed by atoms with E-state index >= 15 is 0 Å². The van der Waals surface area contributed by atoms with Crippen LogP contribution in [0.1, 0.15) is 23.8 Å². The largest absolute Gasteiger partial charge is 0.351 e. The van der Waals surface area contributed by atoms with Gasteiger partial charge in [0.15, 0.2) is 0 Å². The minimum atomic E-state index is -0.0410. The molecule has 1 N–H and O–H groups in total. The molecule has 14 heavy (non-hydrogen) atoms. The lowest BCUT2D eigenvalue weighted by Gasteiger charge is -2.04. The second kappa shape index (κ2) is 4.98. The summed E-state index contributed by atoms with van der Waals surface area (Å²) in [5, 5.41) is 2.83. The fraction of sp³-hybridized carbons (Fsp3) is 0.444. The van der Waals surface area contributed by atoms with Crippen LogP contribution in [0.3, 0.4) is 0 Å². The molecule has 0 aliphatic heterocycles. The Morgan fingerprint density at radius 1 is 1.57 bits per heavy atom. The smallest absolute Gasteiger partial charge is 0.267 e. The maximum atomic E-state index is 11.6. The summed E-state index contributed by atoms with van der Waals surface area (Å²) in [4.78, 5) is 11.6. The van der Waals surface area contributed by atoms with Crippen molar-refractivity contribution in [3.05, 3.63) is 20.8 Å². The van der Waals surface area contributed by atoms with Crippen molar-refractivity contribution in [2.75, 3.05) is 6.54 Å². The Labute approximate surface area is 100 Å². The predicted octanol–water partition coefficient (Wildman–Crippen LogP) is 2.69. The summed E-state index contributed by atoms with van der Waals surface area (Å²) in [6.07, 6.45) is 0.943. The lowest BCUT2D eigenvalue weighted by Crippen LogP contribution is -2.25. The molecule has 1 amide bonds. The van der Waals surface area contributed by atoms with Crippen LogP contribution in [0.4, 0.5) is 0 Å². The quantitative estimate of drug-likeness (QED) is 0.911. The third-order valence-electron chi connectivity index (χ3n) is 1.88. The fourth-order valence-electron chi connectivity index (χ4n) is 1.09. The van der Waals surface area contributed by atoms with Gasteiger partial charge in [-0.3, -0.25) is 4.79 Å². The first-order valence-electron chi connectivity index (χ1n) is 4.36. The van der Waals surface area contributed by atoms with E-state index in [0.717, 1.165) is 15.5 Å². The molecule has 78 valence electrons. The topological polar surface area (TPSA) is 34.0 Å². The molecule has 5 heteroatoms. The summed E-state index contributed by atoms with van der Waals surface area (Å²) < 4.78 is 3.57. The van der Waals surface area contributed by atoms with E-state index in [1.54, 1.807) is 10.6 Å². The van der Waals surface area contributed by atoms with Gasteiger partial charge >= 0.3 is 0 Å². The van der Waals surface area contributed by atoms with Gasteiger partial charge in [0.25, 0.3) is 5.91 Å². The van der Waals surface area contributed by atoms with Crippen molar-refractivity contribution in [3.8, 4) is 0 Å². The molecule has 0 spiro atoms. The molecule has 1 aromatic rings. The minimum Gasteiger partial charge on any atom is -0.351 e. The van der Waals surface area contributed by atoms with Gasteiger partial charge in [0.1, 0.15) is 5.69 Å². The molecular formula is C9H12Br2N2O. The third-order valence-corrected chi connectivity index (χ3v) is 3.98. The van der Waals surface area contributed by atoms with Crippen molar-refractivity contribution >= 4 is 37.8 Å². The average molecular weight is 324 g/mol. The van der Waals surface area contributed by atoms with E-state index in [-0.39, 0.29) is 5.91 Å². The molecule has 0 aliphatic carbocycles. The van der Waals surface area contributed by atoms with Gasteiger partial charge in [-0.2, -0.15) is 0 Å². The number of rotatable bonds is 3. The summed E-state index contributed by atoms with van der Waals surface area (Å²) >= 11 is 6.73. The highest BCUT2D eigenvalue weighted by molar-refractivity contribution is 9.13. The van der Waals surface area contributed by atoms with Crippen LogP contribution in [0.25, 0.3) is 0 Å². The van der Waals surface area contributed by atoms with Gasteiger partial charge in [-0.15, -0.1) is 0 Å². The summed E-state index contributed by atoms with van der Waals surface area (Å²) in [7, 11) is 1.84. The van der Waals surface area contributed by atoms with Crippen molar-refractivity contribution in [3.63, 3.8) is 0 Å². The molecule has 1 aromatic heterocycles. The highest BCUT2D eigenvalue weighted by Crippen LogP contribution is 2.25. The molecule has 0 saturated carbocycles. The number of hydrogen-bond acceptors (Lipinski definition) is 1. The molecule has 0 bridgehead atoms. The lowest BCUT2D eigenvalue weighted by atomic mass is 10.4. The molecule has 0 atom stereocenters. The Morgan fingerprint density at radius 3 is 2.64 bits per heavy atom. The molecule has 3 nitrogen and oxygen atoms in total. The number of nitrogens with one attached hydrogen (secondary N) is 1. The Hall–Kier alpha value is -0.290. The van der Waals surface area contributed by atoms with Crippen LogP contribution in [0.5, 0.6) is 0 Å². The zero-order valence-electron chi connectivity index (χ0n) is 8.10. The van der Waals surface area contributed by atoms with Gasteiger partial charge in [-0.05, 0) is 44.3 Å². The van der Waals surface area contributed by atoms with Crippen molar-refractivity contribution < 1.29 is 4.79 Å². The summed E-state index contributed by atoms with van der Waals surface area (Å²) in [5.74, 6) is -0.0410. The van der Waals surface area contributed by atoms with Crippen LogP contribution in [0.2, 0.25) is 0 Å². The second-order valence-corrected chi connectivity index (χ2v) is 4.59. The SMILES string of the molecule is CCCNC(=O)c1cc(Br)c(Br)n1C. The summed E-state index contributed by atoms with van der Waals surface area (Å²) in [6, 6.07) is 1.80. The maximum absolute atomic E-state index is 11.6. The van der Waals surface area contributed by atoms with Crippen molar-refractivity contribution in [2.45, 2.75) is 13.3 Å². The number of hydrogen-bond donors (Lipinski definition) is 1. The number of carbonyl (C=O) groups is 1. The van der Waals surface area contributed by atoms with Crippen molar-refractivity contribution in [1.82, 2.24) is 9.88 Å². The van der Waals surface area contributed by atoms with Gasteiger partial charge in [-0.25, -0.2) is 0 Å².